The number of nitro groups is 1. The van der Waals surface area contributed by atoms with E-state index in [-0.39, 0.29) is 11.5 Å². The van der Waals surface area contributed by atoms with Gasteiger partial charge in [0.1, 0.15) is 0 Å². The van der Waals surface area contributed by atoms with E-state index >= 15 is 0 Å². The van der Waals surface area contributed by atoms with Gasteiger partial charge in [-0.3, -0.25) is 14.9 Å². The molecule has 6 nitrogen and oxygen atoms in total. The molecule has 1 unspecified atom stereocenters. The highest BCUT2D eigenvalue weighted by atomic mass is 16.6. The fraction of sp³-hybridized carbons (Fsp3) is 0.0625. The Bertz CT molecular complexity index is 885. The predicted molar refractivity (Wildman–Crippen MR) is 78.8 cm³/mol. The monoisotopic (exact) mass is 294 g/mol. The van der Waals surface area contributed by atoms with Crippen LogP contribution in [-0.2, 0) is 0 Å². The Kier molecular flexibility index (Phi) is 2.46. The van der Waals surface area contributed by atoms with Crippen molar-refractivity contribution >= 4 is 22.7 Å². The molecular weight excluding hydrogens is 284 g/mol. The molecule has 0 bridgehead atoms. The lowest BCUT2D eigenvalue weighted by molar-refractivity contribution is -0.384. The number of Topliss-reactive ketones (excluding diaryl/α,β-unsaturated/α-hetero) is 1. The predicted octanol–water partition coefficient (Wildman–Crippen LogP) is 2.25. The van der Waals surface area contributed by atoms with E-state index in [0.29, 0.717) is 33.5 Å². The molecule has 2 aromatic rings. The number of aliphatic hydroxyl groups is 1. The second-order valence-electron chi connectivity index (χ2n) is 5.20. The van der Waals surface area contributed by atoms with Crippen LogP contribution in [0.4, 0.5) is 5.69 Å². The Labute approximate surface area is 124 Å². The number of allylic oxidation sites excluding steroid dienone is 1. The number of rotatable bonds is 1. The lowest BCUT2D eigenvalue weighted by Gasteiger charge is -2.25. The molecule has 2 N–H and O–H groups in total. The minimum Gasteiger partial charge on any atom is -0.369 e. The highest BCUT2D eigenvalue weighted by molar-refractivity contribution is 6.40. The van der Waals surface area contributed by atoms with E-state index in [1.807, 2.05) is 0 Å². The van der Waals surface area contributed by atoms with Crippen molar-refractivity contribution in [3.05, 3.63) is 74.8 Å². The zero-order chi connectivity index (χ0) is 15.4. The van der Waals surface area contributed by atoms with E-state index in [2.05, 4.69) is 5.32 Å². The molecule has 0 saturated carbocycles. The summed E-state index contributed by atoms with van der Waals surface area (Å²) in [5.74, 6) is -0.188. The number of nitro benzene ring substituents is 1. The average molecular weight is 294 g/mol. The Morgan fingerprint density at radius 1 is 1.09 bits per heavy atom. The molecular formula is C16H10N2O4. The maximum absolute atomic E-state index is 12.6. The molecule has 0 amide bonds. The van der Waals surface area contributed by atoms with Crippen LogP contribution in [-0.4, -0.2) is 15.8 Å². The molecule has 1 heterocycles. The van der Waals surface area contributed by atoms with Crippen molar-refractivity contribution in [1.29, 1.82) is 0 Å². The maximum Gasteiger partial charge on any atom is 0.270 e. The van der Waals surface area contributed by atoms with E-state index < -0.39 is 11.2 Å². The van der Waals surface area contributed by atoms with Crippen LogP contribution in [0.1, 0.15) is 33.3 Å². The molecule has 2 aromatic carbocycles. The van der Waals surface area contributed by atoms with Crippen molar-refractivity contribution in [2.24, 2.45) is 0 Å². The van der Waals surface area contributed by atoms with Crippen LogP contribution in [0.2, 0.25) is 0 Å². The summed E-state index contributed by atoms with van der Waals surface area (Å²) in [5.41, 5.74) is 2.92. The van der Waals surface area contributed by atoms with Crippen LogP contribution < -0.4 is 5.32 Å². The molecule has 1 atom stereocenters. The van der Waals surface area contributed by atoms with Crippen molar-refractivity contribution < 1.29 is 14.8 Å². The van der Waals surface area contributed by atoms with E-state index in [4.69, 9.17) is 0 Å². The zero-order valence-corrected chi connectivity index (χ0v) is 11.2. The third-order valence-corrected chi connectivity index (χ3v) is 4.01. The van der Waals surface area contributed by atoms with Crippen LogP contribution in [0.5, 0.6) is 0 Å². The minimum absolute atomic E-state index is 0.108. The highest BCUT2D eigenvalue weighted by Crippen LogP contribution is 2.43. The molecule has 0 aromatic heterocycles. The Morgan fingerprint density at radius 3 is 2.55 bits per heavy atom. The quantitative estimate of drug-likeness (QED) is 0.621. The van der Waals surface area contributed by atoms with Crippen molar-refractivity contribution in [3.63, 3.8) is 0 Å². The number of carbonyl (C=O) groups is 1. The van der Waals surface area contributed by atoms with Gasteiger partial charge in [-0.2, -0.15) is 0 Å². The van der Waals surface area contributed by atoms with E-state index in [0.717, 1.165) is 0 Å². The number of nitrogens with one attached hydrogen (secondary N) is 1. The first-order valence-electron chi connectivity index (χ1n) is 6.69. The highest BCUT2D eigenvalue weighted by Gasteiger charge is 2.37. The molecule has 0 spiro atoms. The summed E-state index contributed by atoms with van der Waals surface area (Å²) < 4.78 is 0. The molecule has 0 saturated heterocycles. The molecule has 0 radical (unpaired) electrons. The van der Waals surface area contributed by atoms with Crippen LogP contribution in [0, 0.1) is 10.1 Å². The third kappa shape index (κ3) is 1.55. The molecule has 22 heavy (non-hydrogen) atoms. The summed E-state index contributed by atoms with van der Waals surface area (Å²) >= 11 is 0. The molecule has 1 aliphatic carbocycles. The lowest BCUT2D eigenvalue weighted by atomic mass is 9.92. The Hall–Kier alpha value is -2.99. The number of non-ortho nitro benzene ring substituents is 1. The van der Waals surface area contributed by atoms with Gasteiger partial charge in [-0.15, -0.1) is 0 Å². The summed E-state index contributed by atoms with van der Waals surface area (Å²) in [5, 5.41) is 24.1. The van der Waals surface area contributed by atoms with Crippen LogP contribution in [0.3, 0.4) is 0 Å². The second-order valence-corrected chi connectivity index (χ2v) is 5.20. The standard InChI is InChI=1S/C16H10N2O4/c19-15-10-4-2-1-3-9(10)14-13(15)12-7-8(18(21)22)5-6-11(12)16(20)17-14/h1-7,16-17,20H. The largest absolute Gasteiger partial charge is 0.369 e. The van der Waals surface area contributed by atoms with Gasteiger partial charge < -0.3 is 10.4 Å². The van der Waals surface area contributed by atoms with E-state index in [1.165, 1.54) is 18.2 Å². The zero-order valence-electron chi connectivity index (χ0n) is 11.2. The normalized spacial score (nSPS) is 18.4. The van der Waals surface area contributed by atoms with Crippen molar-refractivity contribution in [2.75, 3.05) is 0 Å². The topological polar surface area (TPSA) is 92.5 Å². The van der Waals surface area contributed by atoms with Crippen molar-refractivity contribution in [2.45, 2.75) is 6.23 Å². The maximum atomic E-state index is 12.6. The van der Waals surface area contributed by atoms with Gasteiger partial charge in [0.05, 0.1) is 16.2 Å². The van der Waals surface area contributed by atoms with Crippen molar-refractivity contribution in [3.8, 4) is 0 Å². The van der Waals surface area contributed by atoms with Gasteiger partial charge in [0.2, 0.25) is 0 Å². The Balaban J connectivity index is 2.00. The number of carbonyl (C=O) groups excluding carboxylic acids is 1. The molecule has 0 fully saturated rings. The van der Waals surface area contributed by atoms with Gasteiger partial charge in [-0.05, 0) is 6.07 Å². The number of benzene rings is 2. The van der Waals surface area contributed by atoms with Gasteiger partial charge in [0.25, 0.3) is 5.69 Å². The number of aliphatic hydroxyl groups excluding tert-OH is 1. The van der Waals surface area contributed by atoms with Crippen LogP contribution >= 0.6 is 0 Å². The fourth-order valence-corrected chi connectivity index (χ4v) is 3.02. The number of nitrogens with zero attached hydrogens (tertiary/aromatic N) is 1. The molecule has 1 aliphatic heterocycles. The third-order valence-electron chi connectivity index (χ3n) is 4.01. The summed E-state index contributed by atoms with van der Waals surface area (Å²) in [7, 11) is 0. The van der Waals surface area contributed by atoms with E-state index in [1.54, 1.807) is 24.3 Å². The smallest absolute Gasteiger partial charge is 0.270 e. The molecule has 2 aliphatic rings. The molecule has 4 rings (SSSR count). The van der Waals surface area contributed by atoms with Gasteiger partial charge in [0, 0.05) is 34.4 Å². The lowest BCUT2D eigenvalue weighted by Crippen LogP contribution is -2.25. The van der Waals surface area contributed by atoms with Crippen molar-refractivity contribution in [1.82, 2.24) is 5.32 Å². The summed E-state index contributed by atoms with van der Waals surface area (Å²) in [6.45, 7) is 0. The molecule has 6 heteroatoms. The number of hydrogen-bond donors (Lipinski definition) is 2. The first-order chi connectivity index (χ1) is 10.6. The van der Waals surface area contributed by atoms with E-state index in [9.17, 15) is 20.0 Å². The summed E-state index contributed by atoms with van der Waals surface area (Å²) in [6.07, 6.45) is -1.01. The molecule has 108 valence electrons. The first kappa shape index (κ1) is 12.7. The second kappa shape index (κ2) is 4.25. The minimum atomic E-state index is -1.01. The van der Waals surface area contributed by atoms with Gasteiger partial charge in [-0.1, -0.05) is 24.3 Å². The number of hydrogen-bond acceptors (Lipinski definition) is 5. The van der Waals surface area contributed by atoms with Crippen LogP contribution in [0.25, 0.3) is 11.3 Å². The van der Waals surface area contributed by atoms with Crippen LogP contribution in [0.15, 0.2) is 42.5 Å². The average Bonchev–Trinajstić information content (AvgIpc) is 2.80. The van der Waals surface area contributed by atoms with Gasteiger partial charge in [-0.25, -0.2) is 0 Å². The SMILES string of the molecule is O=C1C2=C(NC(O)c3ccc([N+](=O)[O-])cc32)c2ccccc21. The summed E-state index contributed by atoms with van der Waals surface area (Å²) in [6, 6.07) is 11.2. The number of fused-ring (bicyclic) bond motifs is 4. The first-order valence-corrected chi connectivity index (χ1v) is 6.69. The Morgan fingerprint density at radius 2 is 1.82 bits per heavy atom. The number of ketones is 1. The van der Waals surface area contributed by atoms with Gasteiger partial charge >= 0.3 is 0 Å². The van der Waals surface area contributed by atoms with Gasteiger partial charge in [0.15, 0.2) is 12.0 Å². The summed E-state index contributed by atoms with van der Waals surface area (Å²) in [4.78, 5) is 23.1. The fourth-order valence-electron chi connectivity index (χ4n) is 3.02.